The molecular weight excluding hydrogens is 258 g/mol. The lowest BCUT2D eigenvalue weighted by molar-refractivity contribution is -0.122. The highest BCUT2D eigenvalue weighted by Gasteiger charge is 2.18. The number of anilines is 1. The molecule has 0 aromatic heterocycles. The Labute approximate surface area is 105 Å². The van der Waals surface area contributed by atoms with Gasteiger partial charge in [0, 0.05) is 5.69 Å². The van der Waals surface area contributed by atoms with Crippen LogP contribution in [0.4, 0.5) is 5.69 Å². The Morgan fingerprint density at radius 1 is 1.22 bits per heavy atom. The number of rotatable bonds is 4. The summed E-state index contributed by atoms with van der Waals surface area (Å²) in [6, 6.07) is 5.07. The third-order valence-electron chi connectivity index (χ3n) is 2.56. The zero-order chi connectivity index (χ0) is 13.9. The summed E-state index contributed by atoms with van der Waals surface area (Å²) in [5.74, 6) is -0.948. The highest BCUT2D eigenvalue weighted by molar-refractivity contribution is 7.85. The summed E-state index contributed by atoms with van der Waals surface area (Å²) in [7, 11) is -4.23. The maximum atomic E-state index is 11.6. The van der Waals surface area contributed by atoms with E-state index in [-0.39, 0.29) is 10.8 Å². The molecule has 1 aromatic rings. The van der Waals surface area contributed by atoms with Crippen LogP contribution < -0.4 is 5.32 Å². The normalized spacial score (nSPS) is 14.9. The topological polar surface area (TPSA) is 104 Å². The van der Waals surface area contributed by atoms with Crippen molar-refractivity contribution in [1.29, 1.82) is 0 Å². The average Bonchev–Trinajstić information content (AvgIpc) is 2.27. The van der Waals surface area contributed by atoms with E-state index in [1.54, 1.807) is 6.92 Å². The van der Waals surface area contributed by atoms with Crippen molar-refractivity contribution in [2.24, 2.45) is 5.92 Å². The fourth-order valence-corrected chi connectivity index (χ4v) is 1.67. The molecule has 2 atom stereocenters. The van der Waals surface area contributed by atoms with Crippen LogP contribution in [0, 0.1) is 5.92 Å². The Morgan fingerprint density at radius 2 is 1.72 bits per heavy atom. The molecule has 0 aliphatic rings. The summed E-state index contributed by atoms with van der Waals surface area (Å²) in [4.78, 5) is 11.4. The molecule has 0 aliphatic carbocycles. The lowest BCUT2D eigenvalue weighted by atomic mass is 10.1. The molecule has 7 heteroatoms. The van der Waals surface area contributed by atoms with E-state index in [9.17, 15) is 18.3 Å². The molecule has 0 spiro atoms. The van der Waals surface area contributed by atoms with Gasteiger partial charge in [-0.05, 0) is 31.2 Å². The molecule has 0 fully saturated rings. The molecule has 0 radical (unpaired) electrons. The van der Waals surface area contributed by atoms with Crippen molar-refractivity contribution in [1.82, 2.24) is 0 Å². The Balaban J connectivity index is 2.79. The van der Waals surface area contributed by atoms with Crippen molar-refractivity contribution in [3.8, 4) is 0 Å². The van der Waals surface area contributed by atoms with Gasteiger partial charge in [0.25, 0.3) is 10.1 Å². The predicted octanol–water partition coefficient (Wildman–Crippen LogP) is 0.889. The molecule has 100 valence electrons. The molecule has 0 heterocycles. The van der Waals surface area contributed by atoms with E-state index in [0.717, 1.165) is 0 Å². The van der Waals surface area contributed by atoms with E-state index in [1.807, 2.05) is 0 Å². The molecule has 1 aromatic carbocycles. The van der Waals surface area contributed by atoms with E-state index in [2.05, 4.69) is 5.32 Å². The van der Waals surface area contributed by atoms with Crippen LogP contribution in [0.5, 0.6) is 0 Å². The zero-order valence-corrected chi connectivity index (χ0v) is 10.8. The highest BCUT2D eigenvalue weighted by Crippen LogP contribution is 2.15. The summed E-state index contributed by atoms with van der Waals surface area (Å²) in [6.07, 6.45) is -0.776. The first-order valence-electron chi connectivity index (χ1n) is 5.28. The van der Waals surface area contributed by atoms with Gasteiger partial charge in [-0.2, -0.15) is 8.42 Å². The average molecular weight is 273 g/mol. The minimum Gasteiger partial charge on any atom is -0.393 e. The minimum absolute atomic E-state index is 0.246. The molecule has 0 saturated carbocycles. The Morgan fingerprint density at radius 3 is 2.11 bits per heavy atom. The lowest BCUT2D eigenvalue weighted by Crippen LogP contribution is -2.28. The van der Waals surface area contributed by atoms with Gasteiger partial charge >= 0.3 is 0 Å². The van der Waals surface area contributed by atoms with Gasteiger partial charge < -0.3 is 10.4 Å². The van der Waals surface area contributed by atoms with Crippen LogP contribution in [0.25, 0.3) is 0 Å². The van der Waals surface area contributed by atoms with Gasteiger partial charge in [-0.1, -0.05) is 6.92 Å². The van der Waals surface area contributed by atoms with E-state index in [1.165, 1.54) is 31.2 Å². The number of amides is 1. The predicted molar refractivity (Wildman–Crippen MR) is 65.7 cm³/mol. The minimum atomic E-state index is -4.23. The van der Waals surface area contributed by atoms with E-state index < -0.39 is 22.1 Å². The number of hydrogen-bond acceptors (Lipinski definition) is 4. The van der Waals surface area contributed by atoms with Crippen molar-refractivity contribution in [2.45, 2.75) is 24.8 Å². The summed E-state index contributed by atoms with van der Waals surface area (Å²) in [5, 5.41) is 11.8. The van der Waals surface area contributed by atoms with Gasteiger partial charge in [0.1, 0.15) is 0 Å². The van der Waals surface area contributed by atoms with Crippen LogP contribution in [-0.4, -0.2) is 30.1 Å². The first-order valence-corrected chi connectivity index (χ1v) is 6.72. The van der Waals surface area contributed by atoms with Crippen molar-refractivity contribution >= 4 is 21.7 Å². The molecule has 2 unspecified atom stereocenters. The molecule has 18 heavy (non-hydrogen) atoms. The van der Waals surface area contributed by atoms with E-state index >= 15 is 0 Å². The second-order valence-electron chi connectivity index (χ2n) is 4.02. The maximum Gasteiger partial charge on any atom is 0.294 e. The van der Waals surface area contributed by atoms with Gasteiger partial charge in [0.05, 0.1) is 16.9 Å². The van der Waals surface area contributed by atoms with Gasteiger partial charge in [0.15, 0.2) is 0 Å². The van der Waals surface area contributed by atoms with Crippen LogP contribution in [0.1, 0.15) is 13.8 Å². The lowest BCUT2D eigenvalue weighted by Gasteiger charge is -2.14. The van der Waals surface area contributed by atoms with Gasteiger partial charge in [0.2, 0.25) is 5.91 Å². The smallest absolute Gasteiger partial charge is 0.294 e. The van der Waals surface area contributed by atoms with Gasteiger partial charge in [-0.15, -0.1) is 0 Å². The molecule has 1 rings (SSSR count). The number of nitrogens with one attached hydrogen (secondary N) is 1. The Bertz CT molecular complexity index is 521. The van der Waals surface area contributed by atoms with Crippen LogP contribution >= 0.6 is 0 Å². The van der Waals surface area contributed by atoms with Gasteiger partial charge in [-0.25, -0.2) is 0 Å². The van der Waals surface area contributed by atoms with Crippen molar-refractivity contribution in [2.75, 3.05) is 5.32 Å². The number of aliphatic hydroxyl groups is 1. The summed E-state index contributed by atoms with van der Waals surface area (Å²) in [6.45, 7) is 3.08. The molecule has 6 nitrogen and oxygen atoms in total. The second-order valence-corrected chi connectivity index (χ2v) is 5.44. The standard InChI is InChI=1S/C11H15NO5S/c1-7(8(2)13)11(14)12-9-3-5-10(6-4-9)18(15,16)17/h3-8,13H,1-2H3,(H,12,14)(H,15,16,17). The van der Waals surface area contributed by atoms with Crippen LogP contribution in [0.15, 0.2) is 29.2 Å². The van der Waals surface area contributed by atoms with Crippen LogP contribution in [-0.2, 0) is 14.9 Å². The quantitative estimate of drug-likeness (QED) is 0.707. The van der Waals surface area contributed by atoms with Crippen molar-refractivity contribution < 1.29 is 22.9 Å². The largest absolute Gasteiger partial charge is 0.393 e. The zero-order valence-electron chi connectivity index (χ0n) is 9.99. The number of hydrogen-bond donors (Lipinski definition) is 3. The SMILES string of the molecule is CC(O)C(C)C(=O)Nc1ccc(S(=O)(=O)O)cc1. The second kappa shape index (κ2) is 5.47. The Hall–Kier alpha value is -1.44. The van der Waals surface area contributed by atoms with Gasteiger partial charge in [-0.3, -0.25) is 9.35 Å². The summed E-state index contributed by atoms with van der Waals surface area (Å²) < 4.78 is 30.4. The van der Waals surface area contributed by atoms with E-state index in [4.69, 9.17) is 4.55 Å². The fraction of sp³-hybridized carbons (Fsp3) is 0.364. The third-order valence-corrected chi connectivity index (χ3v) is 3.42. The molecule has 0 aliphatic heterocycles. The number of carbonyl (C=O) groups excluding carboxylic acids is 1. The molecule has 1 amide bonds. The molecular formula is C11H15NO5S. The molecule has 3 N–H and O–H groups in total. The van der Waals surface area contributed by atoms with Crippen molar-refractivity contribution in [3.63, 3.8) is 0 Å². The van der Waals surface area contributed by atoms with E-state index in [0.29, 0.717) is 5.69 Å². The highest BCUT2D eigenvalue weighted by atomic mass is 32.2. The monoisotopic (exact) mass is 273 g/mol. The van der Waals surface area contributed by atoms with Crippen molar-refractivity contribution in [3.05, 3.63) is 24.3 Å². The first kappa shape index (κ1) is 14.6. The number of benzene rings is 1. The van der Waals surface area contributed by atoms with Crippen LogP contribution in [0.2, 0.25) is 0 Å². The number of carbonyl (C=O) groups is 1. The third kappa shape index (κ3) is 3.80. The molecule has 0 saturated heterocycles. The van der Waals surface area contributed by atoms with Crippen LogP contribution in [0.3, 0.4) is 0 Å². The number of aliphatic hydroxyl groups excluding tert-OH is 1. The maximum absolute atomic E-state index is 11.6. The summed E-state index contributed by atoms with van der Waals surface area (Å²) >= 11 is 0. The fourth-order valence-electron chi connectivity index (χ4n) is 1.19. The first-order chi connectivity index (χ1) is 8.21. The summed E-state index contributed by atoms with van der Waals surface area (Å²) in [5.41, 5.74) is 0.389. The Kier molecular flexibility index (Phi) is 4.44. The molecule has 0 bridgehead atoms.